The van der Waals surface area contributed by atoms with Crippen LogP contribution >= 0.6 is 15.9 Å². The molecule has 1 unspecified atom stereocenters. The topological polar surface area (TPSA) is 0 Å². The predicted octanol–water partition coefficient (Wildman–Crippen LogP) is 7.32. The van der Waals surface area contributed by atoms with Crippen LogP contribution in [0.5, 0.6) is 0 Å². The second-order valence-corrected chi connectivity index (χ2v) is 6.86. The number of hydrogen-bond donors (Lipinski definition) is 0. The van der Waals surface area contributed by atoms with E-state index in [0.717, 1.165) is 18.9 Å². The van der Waals surface area contributed by atoms with Crippen molar-refractivity contribution in [3.63, 3.8) is 0 Å². The lowest BCUT2D eigenvalue weighted by molar-refractivity contribution is 0.545. The van der Waals surface area contributed by atoms with Gasteiger partial charge < -0.3 is 0 Å². The maximum Gasteiger partial charge on any atom is 0.130 e. The van der Waals surface area contributed by atoms with Gasteiger partial charge in [-0.3, -0.25) is 0 Å². The Hall–Kier alpha value is -0.440. The van der Waals surface area contributed by atoms with Crippen molar-refractivity contribution >= 4 is 15.9 Å². The van der Waals surface area contributed by atoms with Crippen LogP contribution in [0.2, 0.25) is 0 Å². The molecule has 1 rings (SSSR count). The van der Waals surface area contributed by atoms with Crippen molar-refractivity contribution in [2.75, 3.05) is 0 Å². The number of halogens is 3. The smallest absolute Gasteiger partial charge is 0.130 e. The summed E-state index contributed by atoms with van der Waals surface area (Å²) in [4.78, 5) is -0.0114. The molecule has 0 spiro atoms. The van der Waals surface area contributed by atoms with Crippen molar-refractivity contribution in [1.82, 2.24) is 0 Å². The second kappa shape index (κ2) is 11.2. The predicted molar refractivity (Wildman–Crippen MR) is 89.9 cm³/mol. The van der Waals surface area contributed by atoms with E-state index in [9.17, 15) is 8.78 Å². The van der Waals surface area contributed by atoms with Crippen molar-refractivity contribution in [3.8, 4) is 0 Å². The van der Waals surface area contributed by atoms with Gasteiger partial charge in [0.1, 0.15) is 11.6 Å². The standard InChI is InChI=1S/C18H27BrF2/c1-2-3-4-5-6-7-8-9-10-11-17(19)16-13-12-15(20)14-18(16)21/h12-14,17H,2-11H2,1H3. The van der Waals surface area contributed by atoms with Crippen LogP contribution in [-0.2, 0) is 0 Å². The summed E-state index contributed by atoms with van der Waals surface area (Å²) in [7, 11) is 0. The largest absolute Gasteiger partial charge is 0.207 e. The minimum absolute atomic E-state index is 0.0114. The number of unbranched alkanes of at least 4 members (excludes halogenated alkanes) is 8. The molecular formula is C18H27BrF2. The molecule has 0 saturated carbocycles. The zero-order valence-corrected chi connectivity index (χ0v) is 14.6. The van der Waals surface area contributed by atoms with E-state index in [0.29, 0.717) is 5.56 Å². The molecule has 0 N–H and O–H groups in total. The quantitative estimate of drug-likeness (QED) is 0.286. The van der Waals surface area contributed by atoms with Gasteiger partial charge in [-0.2, -0.15) is 0 Å². The van der Waals surface area contributed by atoms with Crippen molar-refractivity contribution in [1.29, 1.82) is 0 Å². The van der Waals surface area contributed by atoms with Crippen LogP contribution in [0.25, 0.3) is 0 Å². The third-order valence-electron chi connectivity index (χ3n) is 3.86. The van der Waals surface area contributed by atoms with Crippen molar-refractivity contribution in [2.45, 2.75) is 76.0 Å². The summed E-state index contributed by atoms with van der Waals surface area (Å²) in [6.45, 7) is 2.24. The molecule has 0 aromatic heterocycles. The van der Waals surface area contributed by atoms with Gasteiger partial charge in [-0.15, -0.1) is 0 Å². The lowest BCUT2D eigenvalue weighted by Gasteiger charge is -2.11. The monoisotopic (exact) mass is 360 g/mol. The van der Waals surface area contributed by atoms with Gasteiger partial charge in [-0.05, 0) is 12.5 Å². The summed E-state index contributed by atoms with van der Waals surface area (Å²) >= 11 is 3.51. The van der Waals surface area contributed by atoms with Crippen LogP contribution in [0.4, 0.5) is 8.78 Å². The molecule has 3 heteroatoms. The molecule has 21 heavy (non-hydrogen) atoms. The zero-order chi connectivity index (χ0) is 15.5. The van der Waals surface area contributed by atoms with Crippen LogP contribution in [0.15, 0.2) is 18.2 Å². The highest BCUT2D eigenvalue weighted by Crippen LogP contribution is 2.30. The van der Waals surface area contributed by atoms with Crippen molar-refractivity contribution in [2.24, 2.45) is 0 Å². The summed E-state index contributed by atoms with van der Waals surface area (Å²) in [6, 6.07) is 3.82. The molecule has 1 aromatic rings. The molecular weight excluding hydrogens is 334 g/mol. The highest BCUT2D eigenvalue weighted by Gasteiger charge is 2.12. The van der Waals surface area contributed by atoms with Gasteiger partial charge in [-0.1, -0.05) is 86.7 Å². The fourth-order valence-corrected chi connectivity index (χ4v) is 3.24. The van der Waals surface area contributed by atoms with Gasteiger partial charge in [0, 0.05) is 16.5 Å². The lowest BCUT2D eigenvalue weighted by Crippen LogP contribution is -1.95. The molecule has 0 bridgehead atoms. The molecule has 0 heterocycles. The maximum absolute atomic E-state index is 13.6. The highest BCUT2D eigenvalue weighted by molar-refractivity contribution is 9.09. The molecule has 0 saturated heterocycles. The summed E-state index contributed by atoms with van der Waals surface area (Å²) in [6.07, 6.45) is 12.5. The molecule has 0 aliphatic rings. The van der Waals surface area contributed by atoms with Gasteiger partial charge in [0.2, 0.25) is 0 Å². The first kappa shape index (κ1) is 18.6. The second-order valence-electron chi connectivity index (χ2n) is 5.75. The Morgan fingerprint density at radius 1 is 0.905 bits per heavy atom. The van der Waals surface area contributed by atoms with E-state index in [-0.39, 0.29) is 4.83 Å². The van der Waals surface area contributed by atoms with Crippen LogP contribution in [0.1, 0.15) is 81.5 Å². The Morgan fingerprint density at radius 2 is 1.48 bits per heavy atom. The summed E-state index contributed by atoms with van der Waals surface area (Å²) in [5, 5.41) is 0. The van der Waals surface area contributed by atoms with E-state index < -0.39 is 11.6 Å². The zero-order valence-electron chi connectivity index (χ0n) is 13.0. The van der Waals surface area contributed by atoms with Gasteiger partial charge in [0.05, 0.1) is 0 Å². The first-order valence-corrected chi connectivity index (χ1v) is 9.15. The number of rotatable bonds is 11. The molecule has 0 nitrogen and oxygen atoms in total. The Balaban J connectivity index is 2.09. The van der Waals surface area contributed by atoms with E-state index >= 15 is 0 Å². The maximum atomic E-state index is 13.6. The number of alkyl halides is 1. The van der Waals surface area contributed by atoms with Gasteiger partial charge in [-0.25, -0.2) is 8.78 Å². The van der Waals surface area contributed by atoms with Crippen LogP contribution in [0, 0.1) is 11.6 Å². The molecule has 0 fully saturated rings. The average molecular weight is 361 g/mol. The van der Waals surface area contributed by atoms with E-state index in [1.165, 1.54) is 63.5 Å². The Morgan fingerprint density at radius 3 is 2.05 bits per heavy atom. The van der Waals surface area contributed by atoms with E-state index in [4.69, 9.17) is 0 Å². The lowest BCUT2D eigenvalue weighted by atomic mass is 10.0. The molecule has 120 valence electrons. The molecule has 0 aliphatic heterocycles. The molecule has 0 amide bonds. The van der Waals surface area contributed by atoms with Gasteiger partial charge in [0.25, 0.3) is 0 Å². The SMILES string of the molecule is CCCCCCCCCCCC(Br)c1ccc(F)cc1F. The summed E-state index contributed by atoms with van der Waals surface area (Å²) < 4.78 is 26.5. The van der Waals surface area contributed by atoms with Gasteiger partial charge in [0.15, 0.2) is 0 Å². The molecule has 0 radical (unpaired) electrons. The van der Waals surface area contributed by atoms with Crippen LogP contribution in [0.3, 0.4) is 0 Å². The van der Waals surface area contributed by atoms with Crippen molar-refractivity contribution < 1.29 is 8.78 Å². The van der Waals surface area contributed by atoms with E-state index in [1.54, 1.807) is 0 Å². The Kier molecular flexibility index (Phi) is 9.90. The third kappa shape index (κ3) is 7.94. The first-order chi connectivity index (χ1) is 10.1. The summed E-state index contributed by atoms with van der Waals surface area (Å²) in [5.41, 5.74) is 0.566. The van der Waals surface area contributed by atoms with E-state index in [1.807, 2.05) is 0 Å². The average Bonchev–Trinajstić information content (AvgIpc) is 2.45. The van der Waals surface area contributed by atoms with Crippen LogP contribution < -0.4 is 0 Å². The third-order valence-corrected chi connectivity index (χ3v) is 4.81. The fourth-order valence-electron chi connectivity index (χ4n) is 2.55. The minimum atomic E-state index is -0.515. The van der Waals surface area contributed by atoms with Crippen LogP contribution in [-0.4, -0.2) is 0 Å². The molecule has 1 aromatic carbocycles. The fraction of sp³-hybridized carbons (Fsp3) is 0.667. The Labute approximate surface area is 136 Å². The minimum Gasteiger partial charge on any atom is -0.207 e. The normalized spacial score (nSPS) is 12.6. The number of hydrogen-bond acceptors (Lipinski definition) is 0. The van der Waals surface area contributed by atoms with Crippen molar-refractivity contribution in [3.05, 3.63) is 35.4 Å². The summed E-state index contributed by atoms with van der Waals surface area (Å²) in [5.74, 6) is -0.966. The highest BCUT2D eigenvalue weighted by atomic mass is 79.9. The number of benzene rings is 1. The molecule has 1 atom stereocenters. The first-order valence-electron chi connectivity index (χ1n) is 8.24. The van der Waals surface area contributed by atoms with E-state index in [2.05, 4.69) is 22.9 Å². The molecule has 0 aliphatic carbocycles. The Bertz CT molecular complexity index is 393. The van der Waals surface area contributed by atoms with Gasteiger partial charge >= 0.3 is 0 Å².